The first kappa shape index (κ1) is 18.8. The number of hydrogen-bond donors (Lipinski definition) is 1. The monoisotopic (exact) mass is 347 g/mol. The van der Waals surface area contributed by atoms with Crippen LogP contribution in [0.15, 0.2) is 30.4 Å². The Hall–Kier alpha value is -2.50. The summed E-state index contributed by atoms with van der Waals surface area (Å²) in [5.41, 5.74) is 0.863. The van der Waals surface area contributed by atoms with Gasteiger partial charge in [-0.05, 0) is 43.9 Å². The molecule has 0 fully saturated rings. The van der Waals surface area contributed by atoms with E-state index in [2.05, 4.69) is 11.4 Å². The van der Waals surface area contributed by atoms with E-state index in [1.807, 2.05) is 12.1 Å². The second-order valence-electron chi connectivity index (χ2n) is 5.97. The fraction of sp³-hybridized carbons (Fsp3) is 0.474. The molecular weight excluding hydrogens is 322 g/mol. The molecule has 2 atom stereocenters. The second kappa shape index (κ2) is 9.11. The highest BCUT2D eigenvalue weighted by atomic mass is 16.5. The van der Waals surface area contributed by atoms with Crippen LogP contribution >= 0.6 is 0 Å². The van der Waals surface area contributed by atoms with Crippen LogP contribution < -0.4 is 14.8 Å². The van der Waals surface area contributed by atoms with Crippen molar-refractivity contribution in [3.05, 3.63) is 35.9 Å². The van der Waals surface area contributed by atoms with Crippen molar-refractivity contribution >= 4 is 11.9 Å². The highest BCUT2D eigenvalue weighted by Gasteiger charge is 2.24. The predicted octanol–water partition coefficient (Wildman–Crippen LogP) is 2.61. The molecule has 2 rings (SSSR count). The molecule has 0 spiro atoms. The van der Waals surface area contributed by atoms with Crippen LogP contribution in [0.1, 0.15) is 31.7 Å². The lowest BCUT2D eigenvalue weighted by molar-refractivity contribution is -0.159. The SMILES string of the molecule is COc1ccc(CNC(=O)[C@H](C)OC(=O)[C@@H]2CC=CCC2)cc1OC. The first-order valence-electron chi connectivity index (χ1n) is 8.39. The highest BCUT2D eigenvalue weighted by Crippen LogP contribution is 2.27. The summed E-state index contributed by atoms with van der Waals surface area (Å²) in [5, 5.41) is 2.77. The summed E-state index contributed by atoms with van der Waals surface area (Å²) in [6.45, 7) is 1.90. The molecule has 1 aliphatic rings. The maximum absolute atomic E-state index is 12.2. The fourth-order valence-corrected chi connectivity index (χ4v) is 2.66. The van der Waals surface area contributed by atoms with Crippen LogP contribution in [0.5, 0.6) is 11.5 Å². The van der Waals surface area contributed by atoms with Gasteiger partial charge in [0.25, 0.3) is 5.91 Å². The minimum atomic E-state index is -0.821. The minimum absolute atomic E-state index is 0.147. The van der Waals surface area contributed by atoms with Crippen LogP contribution in [0.3, 0.4) is 0 Å². The van der Waals surface area contributed by atoms with Crippen LogP contribution in [0.4, 0.5) is 0 Å². The van der Waals surface area contributed by atoms with E-state index in [1.54, 1.807) is 33.3 Å². The van der Waals surface area contributed by atoms with Gasteiger partial charge in [-0.1, -0.05) is 18.2 Å². The van der Waals surface area contributed by atoms with E-state index >= 15 is 0 Å². The summed E-state index contributed by atoms with van der Waals surface area (Å²) in [6.07, 6.45) is 5.55. The van der Waals surface area contributed by atoms with Gasteiger partial charge in [-0.2, -0.15) is 0 Å². The van der Waals surface area contributed by atoms with Gasteiger partial charge in [-0.15, -0.1) is 0 Å². The van der Waals surface area contributed by atoms with E-state index in [0.29, 0.717) is 24.5 Å². The Labute approximate surface area is 148 Å². The molecule has 6 heteroatoms. The molecule has 1 N–H and O–H groups in total. The number of methoxy groups -OCH3 is 2. The lowest BCUT2D eigenvalue weighted by Gasteiger charge is -2.19. The smallest absolute Gasteiger partial charge is 0.310 e. The van der Waals surface area contributed by atoms with Crippen LogP contribution in [0, 0.1) is 5.92 Å². The normalized spacial score (nSPS) is 17.5. The predicted molar refractivity (Wildman–Crippen MR) is 93.4 cm³/mol. The Kier molecular flexibility index (Phi) is 6.86. The number of allylic oxidation sites excluding steroid dienone is 2. The number of amides is 1. The van der Waals surface area contributed by atoms with Crippen LogP contribution in [0.2, 0.25) is 0 Å². The van der Waals surface area contributed by atoms with Gasteiger partial charge in [0.1, 0.15) is 0 Å². The van der Waals surface area contributed by atoms with Gasteiger partial charge in [-0.25, -0.2) is 0 Å². The van der Waals surface area contributed by atoms with Crippen molar-refractivity contribution in [3.8, 4) is 11.5 Å². The molecule has 0 saturated carbocycles. The zero-order valence-corrected chi connectivity index (χ0v) is 14.9. The Morgan fingerprint density at radius 1 is 1.20 bits per heavy atom. The van der Waals surface area contributed by atoms with Gasteiger partial charge in [0, 0.05) is 6.54 Å². The third kappa shape index (κ3) is 5.24. The molecule has 0 heterocycles. The van der Waals surface area contributed by atoms with Gasteiger partial charge >= 0.3 is 5.97 Å². The van der Waals surface area contributed by atoms with Gasteiger partial charge in [0.2, 0.25) is 0 Å². The van der Waals surface area contributed by atoms with Crippen molar-refractivity contribution in [2.75, 3.05) is 14.2 Å². The lowest BCUT2D eigenvalue weighted by Crippen LogP contribution is -2.36. The number of benzene rings is 1. The second-order valence-corrected chi connectivity index (χ2v) is 5.97. The first-order valence-corrected chi connectivity index (χ1v) is 8.39. The van der Waals surface area contributed by atoms with Crippen molar-refractivity contribution < 1.29 is 23.8 Å². The minimum Gasteiger partial charge on any atom is -0.493 e. The topological polar surface area (TPSA) is 73.9 Å². The van der Waals surface area contributed by atoms with E-state index < -0.39 is 6.10 Å². The summed E-state index contributed by atoms with van der Waals surface area (Å²) < 4.78 is 15.7. The number of carbonyl (C=O) groups is 2. The summed E-state index contributed by atoms with van der Waals surface area (Å²) in [4.78, 5) is 24.2. The standard InChI is InChI=1S/C19H25NO5/c1-13(25-19(22)15-7-5-4-6-8-15)18(21)20-12-14-9-10-16(23-2)17(11-14)24-3/h4-5,9-11,13,15H,6-8,12H2,1-3H3,(H,20,21)/t13-,15+/m0/s1. The van der Waals surface area contributed by atoms with Crippen LogP contribution in [-0.4, -0.2) is 32.2 Å². The van der Waals surface area contributed by atoms with Crippen molar-refractivity contribution in [1.29, 1.82) is 0 Å². The molecule has 1 aliphatic carbocycles. The zero-order valence-electron chi connectivity index (χ0n) is 14.9. The molecule has 0 aliphatic heterocycles. The van der Waals surface area contributed by atoms with E-state index in [1.165, 1.54) is 0 Å². The van der Waals surface area contributed by atoms with E-state index in [4.69, 9.17) is 14.2 Å². The molecule has 1 aromatic rings. The van der Waals surface area contributed by atoms with E-state index in [9.17, 15) is 9.59 Å². The number of rotatable bonds is 7. The maximum atomic E-state index is 12.2. The molecule has 0 unspecified atom stereocenters. The number of nitrogens with one attached hydrogen (secondary N) is 1. The van der Waals surface area contributed by atoms with Crippen molar-refractivity contribution in [1.82, 2.24) is 5.32 Å². The van der Waals surface area contributed by atoms with E-state index in [-0.39, 0.29) is 17.8 Å². The summed E-state index contributed by atoms with van der Waals surface area (Å²) in [5.74, 6) is 0.444. The fourth-order valence-electron chi connectivity index (χ4n) is 2.66. The Balaban J connectivity index is 1.84. The Morgan fingerprint density at radius 3 is 2.60 bits per heavy atom. The Morgan fingerprint density at radius 2 is 1.96 bits per heavy atom. The van der Waals surface area contributed by atoms with Gasteiger partial charge in [0.05, 0.1) is 20.1 Å². The Bertz CT molecular complexity index is 641. The van der Waals surface area contributed by atoms with Crippen molar-refractivity contribution in [3.63, 3.8) is 0 Å². The number of ether oxygens (including phenoxy) is 3. The molecule has 0 saturated heterocycles. The van der Waals surface area contributed by atoms with Crippen LogP contribution in [0.25, 0.3) is 0 Å². The largest absolute Gasteiger partial charge is 0.493 e. The third-order valence-corrected chi connectivity index (χ3v) is 4.18. The molecule has 0 aromatic heterocycles. The molecule has 1 aromatic carbocycles. The average Bonchev–Trinajstić information content (AvgIpc) is 2.66. The zero-order chi connectivity index (χ0) is 18.2. The van der Waals surface area contributed by atoms with Gasteiger partial charge < -0.3 is 19.5 Å². The first-order chi connectivity index (χ1) is 12.0. The highest BCUT2D eigenvalue weighted by molar-refractivity contribution is 5.84. The summed E-state index contributed by atoms with van der Waals surface area (Å²) in [7, 11) is 3.12. The lowest BCUT2D eigenvalue weighted by atomic mass is 9.95. The van der Waals surface area contributed by atoms with Crippen molar-refractivity contribution in [2.24, 2.45) is 5.92 Å². The van der Waals surface area contributed by atoms with E-state index in [0.717, 1.165) is 18.4 Å². The van der Waals surface area contributed by atoms with Gasteiger partial charge in [0.15, 0.2) is 17.6 Å². The van der Waals surface area contributed by atoms with Gasteiger partial charge in [-0.3, -0.25) is 9.59 Å². The third-order valence-electron chi connectivity index (χ3n) is 4.18. The molecule has 25 heavy (non-hydrogen) atoms. The quantitative estimate of drug-likeness (QED) is 0.606. The maximum Gasteiger partial charge on any atom is 0.310 e. The molecule has 1 amide bonds. The molecule has 136 valence electrons. The number of hydrogen-bond acceptors (Lipinski definition) is 5. The summed E-state index contributed by atoms with van der Waals surface area (Å²) >= 11 is 0. The molecule has 0 radical (unpaired) electrons. The molecule has 6 nitrogen and oxygen atoms in total. The van der Waals surface area contributed by atoms with Crippen molar-refractivity contribution in [2.45, 2.75) is 38.8 Å². The van der Waals surface area contributed by atoms with Crippen LogP contribution in [-0.2, 0) is 20.9 Å². The molecular formula is C19H25NO5. The molecule has 0 bridgehead atoms. The average molecular weight is 347 g/mol. The summed E-state index contributed by atoms with van der Waals surface area (Å²) in [6, 6.07) is 5.41. The number of carbonyl (C=O) groups excluding carboxylic acids is 2. The number of esters is 1.